The van der Waals surface area contributed by atoms with Gasteiger partial charge >= 0.3 is 0 Å². The molecule has 0 radical (unpaired) electrons. The minimum Gasteiger partial charge on any atom is -0.350 e. The predicted molar refractivity (Wildman–Crippen MR) is 73.8 cm³/mol. The van der Waals surface area contributed by atoms with E-state index in [9.17, 15) is 10.1 Å². The van der Waals surface area contributed by atoms with Crippen LogP contribution in [0.3, 0.4) is 0 Å². The van der Waals surface area contributed by atoms with E-state index in [1.807, 2.05) is 36.0 Å². The molecule has 1 aromatic heterocycles. The largest absolute Gasteiger partial charge is 0.350 e. The number of rotatable bonds is 5. The van der Waals surface area contributed by atoms with Crippen LogP contribution in [0, 0.1) is 10.1 Å². The molecule has 0 fully saturated rings. The first kappa shape index (κ1) is 13.3. The molecule has 0 saturated heterocycles. The molecule has 5 nitrogen and oxygen atoms in total. The highest BCUT2D eigenvalue weighted by Crippen LogP contribution is 2.17. The van der Waals surface area contributed by atoms with Crippen molar-refractivity contribution in [2.75, 3.05) is 0 Å². The van der Waals surface area contributed by atoms with Crippen LogP contribution in [0.5, 0.6) is 0 Å². The van der Waals surface area contributed by atoms with Crippen molar-refractivity contribution in [3.05, 3.63) is 64.0 Å². The lowest BCUT2D eigenvalue weighted by Gasteiger charge is -2.06. The molecule has 0 bridgehead atoms. The van der Waals surface area contributed by atoms with Crippen LogP contribution in [0.2, 0.25) is 0 Å². The zero-order valence-corrected chi connectivity index (χ0v) is 10.8. The Bertz CT molecular complexity index is 578. The topological polar surface area (TPSA) is 74.1 Å². The van der Waals surface area contributed by atoms with Crippen molar-refractivity contribution in [3.63, 3.8) is 0 Å². The number of hydrogen-bond acceptors (Lipinski definition) is 3. The molecule has 0 saturated carbocycles. The second-order valence-electron chi connectivity index (χ2n) is 4.56. The van der Waals surface area contributed by atoms with Crippen LogP contribution in [0.25, 0.3) is 0 Å². The third-order valence-corrected chi connectivity index (χ3v) is 3.13. The first-order chi connectivity index (χ1) is 9.10. The van der Waals surface area contributed by atoms with Gasteiger partial charge in [0.1, 0.15) is 0 Å². The van der Waals surface area contributed by atoms with E-state index in [1.54, 1.807) is 12.1 Å². The lowest BCUT2D eigenvalue weighted by atomic mass is 10.1. The molecule has 1 unspecified atom stereocenters. The van der Waals surface area contributed by atoms with Gasteiger partial charge in [-0.05, 0) is 23.6 Å². The summed E-state index contributed by atoms with van der Waals surface area (Å²) in [5, 5.41) is 10.7. The number of nitro benzene ring substituents is 1. The number of aromatic nitrogens is 1. The van der Waals surface area contributed by atoms with Gasteiger partial charge in [-0.2, -0.15) is 0 Å². The summed E-state index contributed by atoms with van der Waals surface area (Å²) in [5.74, 6) is 0. The summed E-state index contributed by atoms with van der Waals surface area (Å²) in [5.41, 5.74) is 8.08. The highest BCUT2D eigenvalue weighted by molar-refractivity contribution is 5.34. The van der Waals surface area contributed by atoms with E-state index in [4.69, 9.17) is 5.73 Å². The van der Waals surface area contributed by atoms with E-state index in [0.717, 1.165) is 17.5 Å². The Labute approximate surface area is 111 Å². The van der Waals surface area contributed by atoms with Gasteiger partial charge in [0.05, 0.1) is 4.92 Å². The lowest BCUT2D eigenvalue weighted by molar-refractivity contribution is -0.384. The Morgan fingerprint density at radius 1 is 1.42 bits per heavy atom. The van der Waals surface area contributed by atoms with Crippen molar-refractivity contribution < 1.29 is 4.92 Å². The van der Waals surface area contributed by atoms with Gasteiger partial charge in [-0.15, -0.1) is 0 Å². The number of hydrogen-bond donors (Lipinski definition) is 1. The van der Waals surface area contributed by atoms with E-state index < -0.39 is 0 Å². The molecule has 0 aliphatic carbocycles. The number of benzene rings is 1. The van der Waals surface area contributed by atoms with Crippen LogP contribution >= 0.6 is 0 Å². The average Bonchev–Trinajstić information content (AvgIpc) is 2.86. The van der Waals surface area contributed by atoms with Crippen molar-refractivity contribution in [1.29, 1.82) is 0 Å². The average molecular weight is 259 g/mol. The van der Waals surface area contributed by atoms with Gasteiger partial charge in [0.25, 0.3) is 5.69 Å². The molecule has 1 atom stereocenters. The smallest absolute Gasteiger partial charge is 0.269 e. The number of non-ortho nitro benzene ring substituents is 1. The molecular formula is C14H17N3O2. The van der Waals surface area contributed by atoms with Gasteiger partial charge in [-0.25, -0.2) is 0 Å². The van der Waals surface area contributed by atoms with Crippen LogP contribution in [-0.4, -0.2) is 9.49 Å². The normalized spacial score (nSPS) is 12.3. The maximum absolute atomic E-state index is 10.7. The maximum Gasteiger partial charge on any atom is 0.269 e. The van der Waals surface area contributed by atoms with Crippen molar-refractivity contribution in [2.45, 2.75) is 25.9 Å². The molecule has 2 rings (SSSR count). The Morgan fingerprint density at radius 2 is 2.21 bits per heavy atom. The summed E-state index contributed by atoms with van der Waals surface area (Å²) in [6, 6.07) is 8.72. The van der Waals surface area contributed by atoms with E-state index in [1.165, 1.54) is 6.07 Å². The molecule has 2 N–H and O–H groups in total. The van der Waals surface area contributed by atoms with Crippen LogP contribution in [-0.2, 0) is 6.54 Å². The molecule has 0 amide bonds. The SMILES string of the molecule is CCC(N)c1ccn(Cc2cccc([N+](=O)[O-])c2)c1. The molecule has 0 spiro atoms. The van der Waals surface area contributed by atoms with Crippen LogP contribution in [0.15, 0.2) is 42.7 Å². The first-order valence-electron chi connectivity index (χ1n) is 6.24. The summed E-state index contributed by atoms with van der Waals surface area (Å²) in [4.78, 5) is 10.3. The van der Waals surface area contributed by atoms with E-state index in [0.29, 0.717) is 6.54 Å². The molecule has 0 aliphatic heterocycles. The van der Waals surface area contributed by atoms with E-state index in [-0.39, 0.29) is 16.7 Å². The molecule has 1 aromatic carbocycles. The highest BCUT2D eigenvalue weighted by Gasteiger charge is 2.08. The van der Waals surface area contributed by atoms with E-state index >= 15 is 0 Å². The fourth-order valence-electron chi connectivity index (χ4n) is 1.99. The minimum absolute atomic E-state index is 0.0476. The molecule has 0 aliphatic rings. The molecular weight excluding hydrogens is 242 g/mol. The zero-order valence-electron chi connectivity index (χ0n) is 10.8. The van der Waals surface area contributed by atoms with Gasteiger partial charge in [0.2, 0.25) is 0 Å². The fraction of sp³-hybridized carbons (Fsp3) is 0.286. The lowest BCUT2D eigenvalue weighted by Crippen LogP contribution is -2.07. The van der Waals surface area contributed by atoms with Gasteiger partial charge < -0.3 is 10.3 Å². The van der Waals surface area contributed by atoms with Gasteiger partial charge in [-0.3, -0.25) is 10.1 Å². The fourth-order valence-corrected chi connectivity index (χ4v) is 1.99. The van der Waals surface area contributed by atoms with Gasteiger partial charge in [0.15, 0.2) is 0 Å². The van der Waals surface area contributed by atoms with Gasteiger partial charge in [-0.1, -0.05) is 19.1 Å². The molecule has 1 heterocycles. The summed E-state index contributed by atoms with van der Waals surface area (Å²) in [7, 11) is 0. The second-order valence-corrected chi connectivity index (χ2v) is 4.56. The van der Waals surface area contributed by atoms with Crippen LogP contribution in [0.1, 0.15) is 30.5 Å². The number of nitro groups is 1. The molecule has 100 valence electrons. The van der Waals surface area contributed by atoms with Crippen molar-refractivity contribution >= 4 is 5.69 Å². The third-order valence-electron chi connectivity index (χ3n) is 3.13. The highest BCUT2D eigenvalue weighted by atomic mass is 16.6. The number of nitrogens with two attached hydrogens (primary N) is 1. The Kier molecular flexibility index (Phi) is 3.97. The van der Waals surface area contributed by atoms with Crippen molar-refractivity contribution in [1.82, 2.24) is 4.57 Å². The zero-order chi connectivity index (χ0) is 13.8. The summed E-state index contributed by atoms with van der Waals surface area (Å²) >= 11 is 0. The first-order valence-corrected chi connectivity index (χ1v) is 6.24. The maximum atomic E-state index is 10.7. The molecule has 2 aromatic rings. The van der Waals surface area contributed by atoms with Gasteiger partial charge in [0, 0.05) is 37.1 Å². The molecule has 5 heteroatoms. The standard InChI is InChI=1S/C14H17N3O2/c1-2-14(15)12-6-7-16(10-12)9-11-4-3-5-13(8-11)17(18)19/h3-8,10,14H,2,9,15H2,1H3. The monoisotopic (exact) mass is 259 g/mol. The Hall–Kier alpha value is -2.14. The van der Waals surface area contributed by atoms with Crippen molar-refractivity contribution in [3.8, 4) is 0 Å². The Morgan fingerprint density at radius 3 is 2.89 bits per heavy atom. The minimum atomic E-state index is -0.377. The predicted octanol–water partition coefficient (Wildman–Crippen LogP) is 2.85. The van der Waals surface area contributed by atoms with E-state index in [2.05, 4.69) is 0 Å². The van der Waals surface area contributed by atoms with Crippen LogP contribution < -0.4 is 5.73 Å². The summed E-state index contributed by atoms with van der Waals surface area (Å²) < 4.78 is 1.99. The van der Waals surface area contributed by atoms with Crippen molar-refractivity contribution in [2.24, 2.45) is 5.73 Å². The second kappa shape index (κ2) is 5.67. The summed E-state index contributed by atoms with van der Waals surface area (Å²) in [6.45, 7) is 2.65. The third kappa shape index (κ3) is 3.20. The Balaban J connectivity index is 2.15. The van der Waals surface area contributed by atoms with Crippen LogP contribution in [0.4, 0.5) is 5.69 Å². The molecule has 19 heavy (non-hydrogen) atoms. The quantitative estimate of drug-likeness (QED) is 0.662. The number of nitrogens with zero attached hydrogens (tertiary/aromatic N) is 2. The summed E-state index contributed by atoms with van der Waals surface area (Å²) in [6.07, 6.45) is 4.83.